The Labute approximate surface area is 153 Å². The van der Waals surface area contributed by atoms with Gasteiger partial charge in [-0.15, -0.1) is 12.4 Å². The number of nitrogens with zero attached hydrogens (tertiary/aromatic N) is 3. The van der Waals surface area contributed by atoms with Crippen LogP contribution in [0, 0.1) is 11.3 Å². The van der Waals surface area contributed by atoms with Gasteiger partial charge in [-0.25, -0.2) is 4.98 Å². The molecule has 1 unspecified atom stereocenters. The highest BCUT2D eigenvalue weighted by molar-refractivity contribution is 7.08. The number of fused-ring (bicyclic) bond motifs is 1. The van der Waals surface area contributed by atoms with E-state index < -0.39 is 0 Å². The zero-order chi connectivity index (χ0) is 16.4. The monoisotopic (exact) mass is 362 g/mol. The number of aromatic nitrogens is 1. The summed E-state index contributed by atoms with van der Waals surface area (Å²) >= 11 is 1.74. The smallest absolute Gasteiger partial charge is 0.140 e. The number of pyridine rings is 1. The molecule has 0 aromatic carbocycles. The van der Waals surface area contributed by atoms with Crippen LogP contribution in [0.15, 0.2) is 29.0 Å². The second-order valence-electron chi connectivity index (χ2n) is 6.65. The van der Waals surface area contributed by atoms with Gasteiger partial charge in [0, 0.05) is 12.0 Å². The van der Waals surface area contributed by atoms with E-state index in [1.165, 1.54) is 11.3 Å². The van der Waals surface area contributed by atoms with Gasteiger partial charge in [0.05, 0.1) is 17.4 Å². The lowest BCUT2D eigenvalue weighted by molar-refractivity contribution is 0.491. The Hall–Kier alpha value is -1.61. The fourth-order valence-electron chi connectivity index (χ4n) is 3.36. The van der Waals surface area contributed by atoms with Crippen molar-refractivity contribution in [2.75, 3.05) is 25.0 Å². The number of thiophene rings is 1. The molecule has 0 radical (unpaired) electrons. The standard InChI is InChI=1S/C18H22N4S.ClH/c1-18(2)12-22(16-5-4-14(10-19)21-17(16)18)15(6-8-20-3)13-7-9-23-11-13;/h4-5,7,9,11,15,20H,6,8,12H2,1-3H3;1H. The Morgan fingerprint density at radius 3 is 2.83 bits per heavy atom. The highest BCUT2D eigenvalue weighted by Crippen LogP contribution is 2.44. The van der Waals surface area contributed by atoms with Gasteiger partial charge in [0.25, 0.3) is 0 Å². The van der Waals surface area contributed by atoms with E-state index in [1.807, 2.05) is 13.1 Å². The van der Waals surface area contributed by atoms with Crippen molar-refractivity contribution in [2.45, 2.75) is 31.7 Å². The second kappa shape index (κ2) is 7.52. The van der Waals surface area contributed by atoms with Gasteiger partial charge < -0.3 is 10.2 Å². The molecule has 3 heterocycles. The summed E-state index contributed by atoms with van der Waals surface area (Å²) in [6.45, 7) is 6.32. The first-order valence-electron chi connectivity index (χ1n) is 7.92. The maximum atomic E-state index is 9.15. The Morgan fingerprint density at radius 1 is 1.42 bits per heavy atom. The van der Waals surface area contributed by atoms with Gasteiger partial charge in [-0.2, -0.15) is 16.6 Å². The topological polar surface area (TPSA) is 52.0 Å². The van der Waals surface area contributed by atoms with Crippen molar-refractivity contribution in [2.24, 2.45) is 0 Å². The Balaban J connectivity index is 0.00000208. The van der Waals surface area contributed by atoms with Crippen LogP contribution >= 0.6 is 23.7 Å². The molecule has 3 rings (SSSR count). The minimum atomic E-state index is -0.0455. The summed E-state index contributed by atoms with van der Waals surface area (Å²) in [5.74, 6) is 0. The van der Waals surface area contributed by atoms with Crippen LogP contribution in [-0.4, -0.2) is 25.1 Å². The average Bonchev–Trinajstić information content (AvgIpc) is 3.15. The van der Waals surface area contributed by atoms with Crippen LogP contribution in [0.5, 0.6) is 0 Å². The Kier molecular flexibility index (Phi) is 5.87. The molecule has 6 heteroatoms. The van der Waals surface area contributed by atoms with Crippen LogP contribution in [0.3, 0.4) is 0 Å². The van der Waals surface area contributed by atoms with E-state index in [9.17, 15) is 0 Å². The van der Waals surface area contributed by atoms with Crippen LogP contribution in [0.1, 0.15) is 43.3 Å². The van der Waals surface area contributed by atoms with E-state index >= 15 is 0 Å². The van der Waals surface area contributed by atoms with Gasteiger partial charge in [-0.1, -0.05) is 13.8 Å². The first-order valence-corrected chi connectivity index (χ1v) is 8.86. The number of anilines is 1. The van der Waals surface area contributed by atoms with Crippen molar-refractivity contribution < 1.29 is 0 Å². The SMILES string of the molecule is CNCCC(c1ccsc1)N1CC(C)(C)c2nc(C#N)ccc21.Cl. The van der Waals surface area contributed by atoms with Crippen molar-refractivity contribution in [3.63, 3.8) is 0 Å². The summed E-state index contributed by atoms with van der Waals surface area (Å²) in [4.78, 5) is 7.06. The molecule has 1 aliphatic rings. The molecule has 1 atom stereocenters. The molecule has 2 aromatic heterocycles. The largest absolute Gasteiger partial charge is 0.362 e. The molecule has 1 N–H and O–H groups in total. The number of halogens is 1. The molecular weight excluding hydrogens is 340 g/mol. The average molecular weight is 363 g/mol. The molecular formula is C18H23ClN4S. The molecule has 0 saturated heterocycles. The quantitative estimate of drug-likeness (QED) is 0.876. The Bertz CT molecular complexity index is 721. The van der Waals surface area contributed by atoms with Crippen LogP contribution in [0.25, 0.3) is 0 Å². The van der Waals surface area contributed by atoms with Gasteiger partial charge in [0.15, 0.2) is 0 Å². The summed E-state index contributed by atoms with van der Waals surface area (Å²) in [5.41, 5.74) is 4.03. The van der Waals surface area contributed by atoms with Crippen LogP contribution < -0.4 is 10.2 Å². The molecule has 0 saturated carbocycles. The summed E-state index contributed by atoms with van der Waals surface area (Å²) in [7, 11) is 1.99. The van der Waals surface area contributed by atoms with Gasteiger partial charge in [-0.05, 0) is 54.5 Å². The van der Waals surface area contributed by atoms with Crippen LogP contribution in [-0.2, 0) is 5.41 Å². The second-order valence-corrected chi connectivity index (χ2v) is 7.43. The Morgan fingerprint density at radius 2 is 2.21 bits per heavy atom. The molecule has 0 aliphatic carbocycles. The third-order valence-corrected chi connectivity index (χ3v) is 5.18. The summed E-state index contributed by atoms with van der Waals surface area (Å²) < 4.78 is 0. The van der Waals surface area contributed by atoms with Crippen molar-refractivity contribution in [3.05, 3.63) is 45.9 Å². The molecule has 0 fully saturated rings. The molecule has 2 aromatic rings. The summed E-state index contributed by atoms with van der Waals surface area (Å²) in [5, 5.41) is 16.8. The van der Waals surface area contributed by atoms with E-state index in [1.54, 1.807) is 11.3 Å². The molecule has 4 nitrogen and oxygen atoms in total. The fraction of sp³-hybridized carbons (Fsp3) is 0.444. The molecule has 24 heavy (non-hydrogen) atoms. The van der Waals surface area contributed by atoms with Crippen molar-refractivity contribution in [1.29, 1.82) is 5.26 Å². The first-order chi connectivity index (χ1) is 11.1. The summed E-state index contributed by atoms with van der Waals surface area (Å²) in [6.07, 6.45) is 1.04. The van der Waals surface area contributed by atoms with E-state index in [0.29, 0.717) is 11.7 Å². The number of nitriles is 1. The van der Waals surface area contributed by atoms with Crippen molar-refractivity contribution in [3.8, 4) is 6.07 Å². The van der Waals surface area contributed by atoms with E-state index in [-0.39, 0.29) is 17.8 Å². The van der Waals surface area contributed by atoms with Crippen LogP contribution in [0.2, 0.25) is 0 Å². The number of hydrogen-bond acceptors (Lipinski definition) is 5. The predicted molar refractivity (Wildman–Crippen MR) is 102 cm³/mol. The maximum Gasteiger partial charge on any atom is 0.140 e. The highest BCUT2D eigenvalue weighted by Gasteiger charge is 2.40. The van der Waals surface area contributed by atoms with Crippen molar-refractivity contribution in [1.82, 2.24) is 10.3 Å². The first kappa shape index (κ1) is 18.7. The number of rotatable bonds is 5. The minimum Gasteiger partial charge on any atom is -0.362 e. The van der Waals surface area contributed by atoms with Gasteiger partial charge in [0.1, 0.15) is 11.8 Å². The van der Waals surface area contributed by atoms with Gasteiger partial charge >= 0.3 is 0 Å². The van der Waals surface area contributed by atoms with Gasteiger partial charge in [0.2, 0.25) is 0 Å². The van der Waals surface area contributed by atoms with E-state index in [4.69, 9.17) is 5.26 Å². The molecule has 0 spiro atoms. The van der Waals surface area contributed by atoms with E-state index in [0.717, 1.165) is 25.2 Å². The van der Waals surface area contributed by atoms with E-state index in [2.05, 4.69) is 58.0 Å². The van der Waals surface area contributed by atoms with Crippen LogP contribution in [0.4, 0.5) is 5.69 Å². The molecule has 0 bridgehead atoms. The zero-order valence-electron chi connectivity index (χ0n) is 14.2. The summed E-state index contributed by atoms with van der Waals surface area (Å²) in [6, 6.07) is 8.61. The highest BCUT2D eigenvalue weighted by atomic mass is 35.5. The number of hydrogen-bond donors (Lipinski definition) is 1. The van der Waals surface area contributed by atoms with Gasteiger partial charge in [-0.3, -0.25) is 0 Å². The minimum absolute atomic E-state index is 0. The molecule has 128 valence electrons. The number of nitrogens with one attached hydrogen (secondary N) is 1. The normalized spacial score (nSPS) is 16.2. The fourth-order valence-corrected chi connectivity index (χ4v) is 4.06. The molecule has 1 aliphatic heterocycles. The zero-order valence-corrected chi connectivity index (χ0v) is 15.9. The lowest BCUT2D eigenvalue weighted by atomic mass is 9.91. The maximum absolute atomic E-state index is 9.15. The lowest BCUT2D eigenvalue weighted by Gasteiger charge is -2.31. The third kappa shape index (κ3) is 3.41. The van der Waals surface area contributed by atoms with Crippen molar-refractivity contribution >= 4 is 29.4 Å². The molecule has 0 amide bonds. The predicted octanol–water partition coefficient (Wildman–Crippen LogP) is 3.88. The lowest BCUT2D eigenvalue weighted by Crippen LogP contribution is -2.33. The third-order valence-electron chi connectivity index (χ3n) is 4.48.